The zero-order valence-corrected chi connectivity index (χ0v) is 15.8. The van der Waals surface area contributed by atoms with Gasteiger partial charge in [0.1, 0.15) is 5.60 Å². The van der Waals surface area contributed by atoms with Crippen molar-refractivity contribution in [1.29, 1.82) is 0 Å². The van der Waals surface area contributed by atoms with Crippen molar-refractivity contribution >= 4 is 29.3 Å². The predicted molar refractivity (Wildman–Crippen MR) is 104 cm³/mol. The summed E-state index contributed by atoms with van der Waals surface area (Å²) in [5, 5.41) is 7.89. The quantitative estimate of drug-likeness (QED) is 0.766. The molecule has 0 aromatic heterocycles. The number of ether oxygens (including phenoxy) is 1. The van der Waals surface area contributed by atoms with Crippen LogP contribution >= 0.6 is 0 Å². The lowest BCUT2D eigenvalue weighted by Gasteiger charge is -2.19. The fourth-order valence-electron chi connectivity index (χ4n) is 2.18. The summed E-state index contributed by atoms with van der Waals surface area (Å²) in [6.45, 7) is 5.34. The van der Waals surface area contributed by atoms with Crippen LogP contribution in [0.25, 0.3) is 0 Å². The molecular weight excluding hydrogens is 346 g/mol. The van der Waals surface area contributed by atoms with Crippen LogP contribution in [-0.2, 0) is 4.74 Å². The summed E-state index contributed by atoms with van der Waals surface area (Å²) in [5.74, 6) is -0.493. The van der Waals surface area contributed by atoms with Gasteiger partial charge in [0.2, 0.25) is 0 Å². The number of rotatable bonds is 4. The van der Waals surface area contributed by atoms with Crippen LogP contribution < -0.4 is 16.0 Å². The van der Waals surface area contributed by atoms with Gasteiger partial charge in [-0.3, -0.25) is 14.9 Å². The Hall–Kier alpha value is -3.35. The van der Waals surface area contributed by atoms with E-state index in [1.807, 2.05) is 0 Å². The lowest BCUT2D eigenvalue weighted by molar-refractivity contribution is 0.0635. The minimum atomic E-state index is -0.586. The monoisotopic (exact) mass is 369 g/mol. The first-order valence-electron chi connectivity index (χ1n) is 8.41. The molecule has 0 heterocycles. The van der Waals surface area contributed by atoms with Crippen molar-refractivity contribution in [1.82, 2.24) is 5.32 Å². The van der Waals surface area contributed by atoms with Crippen LogP contribution in [0, 0.1) is 0 Å². The summed E-state index contributed by atoms with van der Waals surface area (Å²) in [5.41, 5.74) is 1.45. The maximum Gasteiger partial charge on any atom is 0.412 e. The highest BCUT2D eigenvalue weighted by atomic mass is 16.6. The van der Waals surface area contributed by atoms with Gasteiger partial charge in [-0.1, -0.05) is 0 Å². The highest BCUT2D eigenvalue weighted by Gasteiger charge is 2.16. The summed E-state index contributed by atoms with van der Waals surface area (Å²) < 4.78 is 5.18. The maximum absolute atomic E-state index is 12.3. The number of hydrogen-bond acceptors (Lipinski definition) is 4. The van der Waals surface area contributed by atoms with E-state index in [4.69, 9.17) is 4.74 Å². The SMILES string of the molecule is CNC(=O)c1ccc(NC(=O)c2ccc(NC(=O)OC(C)(C)C)cc2)cc1. The highest BCUT2D eigenvalue weighted by Crippen LogP contribution is 2.15. The average molecular weight is 369 g/mol. The number of benzene rings is 2. The van der Waals surface area contributed by atoms with Crippen molar-refractivity contribution in [3.63, 3.8) is 0 Å². The molecule has 3 N–H and O–H groups in total. The average Bonchev–Trinajstić information content (AvgIpc) is 2.60. The Morgan fingerprint density at radius 2 is 1.19 bits per heavy atom. The molecule has 0 bridgehead atoms. The largest absolute Gasteiger partial charge is 0.444 e. The molecule has 0 atom stereocenters. The molecule has 0 aliphatic carbocycles. The lowest BCUT2D eigenvalue weighted by Crippen LogP contribution is -2.27. The van der Waals surface area contributed by atoms with Gasteiger partial charge in [-0.05, 0) is 69.3 Å². The molecule has 27 heavy (non-hydrogen) atoms. The normalized spacial score (nSPS) is 10.7. The first-order chi connectivity index (χ1) is 12.7. The number of carbonyl (C=O) groups is 3. The van der Waals surface area contributed by atoms with Gasteiger partial charge in [-0.25, -0.2) is 4.79 Å². The topological polar surface area (TPSA) is 96.5 Å². The number of amides is 3. The van der Waals surface area contributed by atoms with Crippen LogP contribution in [0.15, 0.2) is 48.5 Å². The van der Waals surface area contributed by atoms with E-state index in [2.05, 4.69) is 16.0 Å². The minimum Gasteiger partial charge on any atom is -0.444 e. The zero-order valence-electron chi connectivity index (χ0n) is 15.8. The zero-order chi connectivity index (χ0) is 20.0. The van der Waals surface area contributed by atoms with Crippen molar-refractivity contribution in [2.75, 3.05) is 17.7 Å². The second kappa shape index (κ2) is 8.35. The molecule has 0 aliphatic rings. The summed E-state index contributed by atoms with van der Waals surface area (Å²) >= 11 is 0. The van der Waals surface area contributed by atoms with E-state index in [9.17, 15) is 14.4 Å². The molecule has 0 aliphatic heterocycles. The molecule has 2 aromatic carbocycles. The Labute approximate surface area is 158 Å². The molecule has 0 unspecified atom stereocenters. The smallest absolute Gasteiger partial charge is 0.412 e. The molecule has 3 amide bonds. The molecule has 7 nitrogen and oxygen atoms in total. The van der Waals surface area contributed by atoms with Crippen LogP contribution in [0.4, 0.5) is 16.2 Å². The maximum atomic E-state index is 12.3. The molecule has 7 heteroatoms. The minimum absolute atomic E-state index is 0.194. The molecule has 142 valence electrons. The standard InChI is InChI=1S/C20H23N3O4/c1-20(2,3)27-19(26)23-16-11-7-14(8-12-16)18(25)22-15-9-5-13(6-10-15)17(24)21-4/h5-12H,1-4H3,(H,21,24)(H,22,25)(H,23,26). The second-order valence-electron chi connectivity index (χ2n) is 6.81. The van der Waals surface area contributed by atoms with E-state index in [-0.39, 0.29) is 11.8 Å². The van der Waals surface area contributed by atoms with Crippen molar-refractivity contribution < 1.29 is 19.1 Å². The van der Waals surface area contributed by atoms with Crippen molar-refractivity contribution in [2.45, 2.75) is 26.4 Å². The van der Waals surface area contributed by atoms with Gasteiger partial charge in [0.05, 0.1) is 0 Å². The van der Waals surface area contributed by atoms with Gasteiger partial charge in [0.25, 0.3) is 11.8 Å². The molecule has 2 aromatic rings. The van der Waals surface area contributed by atoms with Crippen molar-refractivity contribution in [3.8, 4) is 0 Å². The molecule has 0 spiro atoms. The van der Waals surface area contributed by atoms with Crippen LogP contribution in [0.1, 0.15) is 41.5 Å². The highest BCUT2D eigenvalue weighted by molar-refractivity contribution is 6.05. The Morgan fingerprint density at radius 3 is 1.63 bits per heavy atom. The number of anilines is 2. The van der Waals surface area contributed by atoms with Gasteiger partial charge in [-0.2, -0.15) is 0 Å². The van der Waals surface area contributed by atoms with Crippen LogP contribution in [-0.4, -0.2) is 30.6 Å². The third-order valence-electron chi connectivity index (χ3n) is 3.42. The van der Waals surface area contributed by atoms with Crippen LogP contribution in [0.3, 0.4) is 0 Å². The Morgan fingerprint density at radius 1 is 0.741 bits per heavy atom. The van der Waals surface area contributed by atoms with E-state index >= 15 is 0 Å². The van der Waals surface area contributed by atoms with Gasteiger partial charge >= 0.3 is 6.09 Å². The fourth-order valence-corrected chi connectivity index (χ4v) is 2.18. The van der Waals surface area contributed by atoms with Crippen molar-refractivity contribution in [2.24, 2.45) is 0 Å². The Bertz CT molecular complexity index is 822. The van der Waals surface area contributed by atoms with Gasteiger partial charge in [0, 0.05) is 29.5 Å². The number of nitrogens with one attached hydrogen (secondary N) is 3. The Balaban J connectivity index is 1.97. The first kappa shape index (κ1) is 20.0. The lowest BCUT2D eigenvalue weighted by atomic mass is 10.1. The van der Waals surface area contributed by atoms with Gasteiger partial charge < -0.3 is 15.4 Å². The van der Waals surface area contributed by atoms with E-state index in [0.29, 0.717) is 22.5 Å². The molecule has 0 saturated carbocycles. The molecule has 2 rings (SSSR count). The summed E-state index contributed by atoms with van der Waals surface area (Å²) in [7, 11) is 1.55. The second-order valence-corrected chi connectivity index (χ2v) is 6.81. The molecule has 0 saturated heterocycles. The van der Waals surface area contributed by atoms with Crippen LogP contribution in [0.5, 0.6) is 0 Å². The third kappa shape index (κ3) is 6.14. The van der Waals surface area contributed by atoms with E-state index in [1.165, 1.54) is 0 Å². The molecule has 0 fully saturated rings. The summed E-state index contributed by atoms with van der Waals surface area (Å²) in [6, 6.07) is 13.0. The third-order valence-corrected chi connectivity index (χ3v) is 3.42. The molecule has 0 radical (unpaired) electrons. The van der Waals surface area contributed by atoms with E-state index in [1.54, 1.807) is 76.3 Å². The van der Waals surface area contributed by atoms with Gasteiger partial charge in [-0.15, -0.1) is 0 Å². The van der Waals surface area contributed by atoms with Crippen LogP contribution in [0.2, 0.25) is 0 Å². The number of carbonyl (C=O) groups excluding carboxylic acids is 3. The fraction of sp³-hybridized carbons (Fsp3) is 0.250. The summed E-state index contributed by atoms with van der Waals surface area (Å²) in [4.78, 5) is 35.6. The molecular formula is C20H23N3O4. The van der Waals surface area contributed by atoms with Gasteiger partial charge in [0.15, 0.2) is 0 Å². The number of hydrogen-bond donors (Lipinski definition) is 3. The predicted octanol–water partition coefficient (Wildman–Crippen LogP) is 3.65. The van der Waals surface area contributed by atoms with E-state index < -0.39 is 11.7 Å². The first-order valence-corrected chi connectivity index (χ1v) is 8.41. The van der Waals surface area contributed by atoms with E-state index in [0.717, 1.165) is 0 Å². The van der Waals surface area contributed by atoms with Crippen molar-refractivity contribution in [3.05, 3.63) is 59.7 Å². The Kier molecular flexibility index (Phi) is 6.18. The summed E-state index contributed by atoms with van der Waals surface area (Å²) in [6.07, 6.45) is -0.559.